The second kappa shape index (κ2) is 17.9. The van der Waals surface area contributed by atoms with Gasteiger partial charge in [-0.1, -0.05) is 89.4 Å². The summed E-state index contributed by atoms with van der Waals surface area (Å²) in [6.45, 7) is 11.4. The van der Waals surface area contributed by atoms with Crippen molar-refractivity contribution in [2.75, 3.05) is 34.3 Å². The maximum Gasteiger partial charge on any atom is 0.202 e. The number of hydrogen-bond acceptors (Lipinski definition) is 4. The summed E-state index contributed by atoms with van der Waals surface area (Å²) >= 11 is 0. The minimum Gasteiger partial charge on any atom is -0.493 e. The van der Waals surface area contributed by atoms with Crippen LogP contribution in [-0.2, 0) is 13.1 Å². The van der Waals surface area contributed by atoms with Crippen LogP contribution in [0.2, 0.25) is 0 Å². The Labute approximate surface area is 238 Å². The number of benzene rings is 2. The van der Waals surface area contributed by atoms with Crippen LogP contribution in [-0.4, -0.2) is 43.8 Å². The fraction of sp³-hybridized carbons (Fsp3) is 0.559. The smallest absolute Gasteiger partial charge is 0.202 e. The fourth-order valence-electron chi connectivity index (χ4n) is 5.37. The van der Waals surface area contributed by atoms with Crippen molar-refractivity contribution in [3.8, 4) is 5.75 Å². The Morgan fingerprint density at radius 2 is 1.62 bits per heavy atom. The third-order valence-electron chi connectivity index (χ3n) is 7.18. The normalized spacial score (nSPS) is 14.4. The van der Waals surface area contributed by atoms with Gasteiger partial charge in [0.2, 0.25) is 5.89 Å². The van der Waals surface area contributed by atoms with Crippen LogP contribution in [0.4, 0.5) is 0 Å². The monoisotopic (exact) mass is 536 g/mol. The van der Waals surface area contributed by atoms with E-state index < -0.39 is 0 Å². The number of aromatic nitrogens is 1. The second-order valence-electron chi connectivity index (χ2n) is 10.6. The molecule has 0 saturated heterocycles. The van der Waals surface area contributed by atoms with E-state index in [1.807, 2.05) is 40.9 Å². The highest BCUT2D eigenvalue weighted by Crippen LogP contribution is 2.40. The predicted molar refractivity (Wildman–Crippen MR) is 164 cm³/mol. The first-order chi connectivity index (χ1) is 19.0. The van der Waals surface area contributed by atoms with Crippen LogP contribution in [0.3, 0.4) is 0 Å². The largest absolute Gasteiger partial charge is 0.493 e. The first kappa shape index (κ1) is 32.6. The van der Waals surface area contributed by atoms with Crippen molar-refractivity contribution in [2.45, 2.75) is 85.2 Å². The molecule has 2 aromatic carbocycles. The van der Waals surface area contributed by atoms with Crippen molar-refractivity contribution < 1.29 is 13.6 Å². The Balaban J connectivity index is 0.00000127. The van der Waals surface area contributed by atoms with Crippen LogP contribution in [0.1, 0.15) is 94.9 Å². The molecular weight excluding hydrogens is 482 g/mol. The van der Waals surface area contributed by atoms with Crippen molar-refractivity contribution >= 4 is 0 Å². The van der Waals surface area contributed by atoms with Gasteiger partial charge >= 0.3 is 0 Å². The molecule has 1 saturated carbocycles. The molecule has 0 aliphatic heterocycles. The summed E-state index contributed by atoms with van der Waals surface area (Å²) in [6.07, 6.45) is 9.44. The minimum absolute atomic E-state index is 0.258. The van der Waals surface area contributed by atoms with E-state index in [2.05, 4.69) is 74.0 Å². The van der Waals surface area contributed by atoms with E-state index in [0.29, 0.717) is 12.5 Å². The van der Waals surface area contributed by atoms with Crippen LogP contribution in [0.5, 0.6) is 5.75 Å². The van der Waals surface area contributed by atoms with E-state index in [-0.39, 0.29) is 5.92 Å². The number of oxazole rings is 1. The van der Waals surface area contributed by atoms with Gasteiger partial charge in [-0.25, -0.2) is 4.98 Å². The van der Waals surface area contributed by atoms with Crippen LogP contribution >= 0.6 is 0 Å². The zero-order chi connectivity index (χ0) is 28.5. The van der Waals surface area contributed by atoms with Crippen LogP contribution in [0.15, 0.2) is 65.2 Å². The van der Waals surface area contributed by atoms with E-state index in [4.69, 9.17) is 14.1 Å². The van der Waals surface area contributed by atoms with E-state index in [1.165, 1.54) is 43.2 Å². The molecular formula is C34H54N3O2+. The fourth-order valence-corrected chi connectivity index (χ4v) is 5.37. The molecule has 5 heteroatoms. The molecule has 1 fully saturated rings. The van der Waals surface area contributed by atoms with Gasteiger partial charge in [-0.2, -0.15) is 0 Å². The summed E-state index contributed by atoms with van der Waals surface area (Å²) in [4.78, 5) is 4.80. The molecule has 1 aliphatic carbocycles. The van der Waals surface area contributed by atoms with Crippen LogP contribution in [0, 0.1) is 5.92 Å². The van der Waals surface area contributed by atoms with Gasteiger partial charge in [0.15, 0.2) is 5.76 Å². The average molecular weight is 537 g/mol. The lowest BCUT2D eigenvalue weighted by molar-refractivity contribution is -0.904. The van der Waals surface area contributed by atoms with E-state index in [0.717, 1.165) is 47.9 Å². The molecule has 216 valence electrons. The first-order valence-corrected chi connectivity index (χ1v) is 15.2. The summed E-state index contributed by atoms with van der Waals surface area (Å²) in [6, 6.07) is 19.2. The molecule has 0 spiro atoms. The lowest BCUT2D eigenvalue weighted by Gasteiger charge is -2.29. The number of nitrogens with one attached hydrogen (secondary N) is 1. The number of nitrogens with zero attached hydrogens (tertiary/aromatic N) is 2. The van der Waals surface area contributed by atoms with E-state index in [9.17, 15) is 0 Å². The van der Waals surface area contributed by atoms with Gasteiger partial charge in [-0.3, -0.25) is 0 Å². The quantitative estimate of drug-likeness (QED) is 0.187. The average Bonchev–Trinajstić information content (AvgIpc) is 3.42. The van der Waals surface area contributed by atoms with Gasteiger partial charge < -0.3 is 19.0 Å². The van der Waals surface area contributed by atoms with Gasteiger partial charge in [0, 0.05) is 13.0 Å². The molecule has 1 aliphatic rings. The second-order valence-corrected chi connectivity index (χ2v) is 10.6. The molecule has 1 aromatic heterocycles. The molecule has 0 bridgehead atoms. The van der Waals surface area contributed by atoms with Gasteiger partial charge in [0.1, 0.15) is 12.3 Å². The van der Waals surface area contributed by atoms with Crippen molar-refractivity contribution in [2.24, 2.45) is 5.92 Å². The molecule has 1 unspecified atom stereocenters. The molecule has 39 heavy (non-hydrogen) atoms. The SMILES string of the molecule is CC.CC.CNCc1ccc(OCCC[N+](C)(C)Cc2cnc(C(c3ccccc3)C3CCCCC3)o2)cc1. The Morgan fingerprint density at radius 3 is 2.26 bits per heavy atom. The summed E-state index contributed by atoms with van der Waals surface area (Å²) in [7, 11) is 6.47. The number of quaternary nitrogens is 1. The van der Waals surface area contributed by atoms with Crippen LogP contribution in [0.25, 0.3) is 0 Å². The van der Waals surface area contributed by atoms with Gasteiger partial charge in [0.25, 0.3) is 0 Å². The highest BCUT2D eigenvalue weighted by atomic mass is 16.5. The van der Waals surface area contributed by atoms with Gasteiger partial charge in [-0.05, 0) is 49.1 Å². The minimum atomic E-state index is 0.258. The highest BCUT2D eigenvalue weighted by Gasteiger charge is 2.31. The first-order valence-electron chi connectivity index (χ1n) is 15.2. The number of hydrogen-bond donors (Lipinski definition) is 1. The summed E-state index contributed by atoms with van der Waals surface area (Å²) in [5.74, 6) is 3.67. The van der Waals surface area contributed by atoms with Crippen molar-refractivity contribution in [1.82, 2.24) is 10.3 Å². The molecule has 1 heterocycles. The molecule has 3 aromatic rings. The maximum atomic E-state index is 6.43. The van der Waals surface area contributed by atoms with E-state index in [1.54, 1.807) is 0 Å². The summed E-state index contributed by atoms with van der Waals surface area (Å²) in [5.41, 5.74) is 2.60. The van der Waals surface area contributed by atoms with E-state index >= 15 is 0 Å². The number of ether oxygens (including phenoxy) is 1. The van der Waals surface area contributed by atoms with Gasteiger partial charge in [0.05, 0.1) is 39.4 Å². The zero-order valence-electron chi connectivity index (χ0n) is 25.7. The third-order valence-corrected chi connectivity index (χ3v) is 7.18. The molecule has 0 amide bonds. The molecule has 4 rings (SSSR count). The molecule has 1 atom stereocenters. The predicted octanol–water partition coefficient (Wildman–Crippen LogP) is 8.20. The molecule has 1 N–H and O–H groups in total. The Bertz CT molecular complexity index is 1010. The Kier molecular flexibility index (Phi) is 14.9. The molecule has 0 radical (unpaired) electrons. The lowest BCUT2D eigenvalue weighted by Crippen LogP contribution is -2.40. The number of rotatable bonds is 12. The van der Waals surface area contributed by atoms with Crippen molar-refractivity contribution in [1.29, 1.82) is 0 Å². The zero-order valence-corrected chi connectivity index (χ0v) is 25.7. The van der Waals surface area contributed by atoms with Crippen molar-refractivity contribution in [3.63, 3.8) is 0 Å². The summed E-state index contributed by atoms with van der Waals surface area (Å²) in [5, 5.41) is 3.17. The summed E-state index contributed by atoms with van der Waals surface area (Å²) < 4.78 is 13.2. The highest BCUT2D eigenvalue weighted by molar-refractivity contribution is 5.27. The van der Waals surface area contributed by atoms with Crippen molar-refractivity contribution in [3.05, 3.63) is 83.6 Å². The Hall–Kier alpha value is -2.63. The van der Waals surface area contributed by atoms with Gasteiger partial charge in [-0.15, -0.1) is 0 Å². The third kappa shape index (κ3) is 10.8. The van der Waals surface area contributed by atoms with Crippen LogP contribution < -0.4 is 10.1 Å². The molecule has 5 nitrogen and oxygen atoms in total. The Morgan fingerprint density at radius 1 is 0.949 bits per heavy atom. The maximum absolute atomic E-state index is 6.43. The standard InChI is InChI=1S/C30H42N3O2.2C2H6/c1-31-21-24-15-17-27(18-16-24)34-20-10-19-33(2,3)23-28-22-32-30(35-28)29(25-11-6-4-7-12-25)26-13-8-5-9-14-26;2*1-2/h4,6-7,11-12,15-18,22,26,29,31H,5,8-10,13-14,19-21,23H2,1-3H3;2*1-2H3/q+1;;. The topological polar surface area (TPSA) is 47.3 Å². The lowest BCUT2D eigenvalue weighted by atomic mass is 9.77.